The third kappa shape index (κ3) is 4.17. The Morgan fingerprint density at radius 3 is 2.11 bits per heavy atom. The Morgan fingerprint density at radius 2 is 1.72 bits per heavy atom. The summed E-state index contributed by atoms with van der Waals surface area (Å²) in [7, 11) is 0. The van der Waals surface area contributed by atoms with Crippen LogP contribution in [0.4, 0.5) is 8.78 Å². The van der Waals surface area contributed by atoms with E-state index < -0.39 is 12.5 Å². The van der Waals surface area contributed by atoms with Crippen molar-refractivity contribution in [3.63, 3.8) is 0 Å². The van der Waals surface area contributed by atoms with Crippen molar-refractivity contribution in [1.82, 2.24) is 9.80 Å². The van der Waals surface area contributed by atoms with Gasteiger partial charge in [-0.15, -0.1) is 0 Å². The molecule has 1 saturated heterocycles. The normalized spacial score (nSPS) is 20.3. The quantitative estimate of drug-likeness (QED) is 0.818. The summed E-state index contributed by atoms with van der Waals surface area (Å²) < 4.78 is 24.4. The number of carbonyl (C=O) groups is 1. The third-order valence-corrected chi connectivity index (χ3v) is 3.28. The van der Waals surface area contributed by atoms with Crippen molar-refractivity contribution in [3.05, 3.63) is 0 Å². The maximum absolute atomic E-state index is 12.2. The van der Waals surface area contributed by atoms with Crippen LogP contribution in [0.15, 0.2) is 0 Å². The topological polar surface area (TPSA) is 49.6 Å². The van der Waals surface area contributed by atoms with E-state index in [4.69, 9.17) is 5.73 Å². The molecule has 4 nitrogen and oxygen atoms in total. The molecule has 106 valence electrons. The van der Waals surface area contributed by atoms with E-state index in [9.17, 15) is 13.6 Å². The highest BCUT2D eigenvalue weighted by Crippen LogP contribution is 2.19. The molecule has 1 heterocycles. The van der Waals surface area contributed by atoms with Gasteiger partial charge in [-0.05, 0) is 5.41 Å². The molecule has 0 aromatic carbocycles. The standard InChI is InChI=1S/C12H23F2N3O/c1-12(2,3)10(15)11(18)17-6-4-16(5-7-17)8-9(13)14/h9-10H,4-8,15H2,1-3H3/t10-/m1/s1. The lowest BCUT2D eigenvalue weighted by atomic mass is 9.86. The highest BCUT2D eigenvalue weighted by molar-refractivity contribution is 5.82. The number of alkyl halides is 2. The highest BCUT2D eigenvalue weighted by atomic mass is 19.3. The van der Waals surface area contributed by atoms with Gasteiger partial charge in [-0.25, -0.2) is 8.78 Å². The first-order chi connectivity index (χ1) is 8.21. The lowest BCUT2D eigenvalue weighted by molar-refractivity contribution is -0.136. The third-order valence-electron chi connectivity index (χ3n) is 3.28. The number of nitrogens with zero attached hydrogens (tertiary/aromatic N) is 2. The molecule has 0 aromatic rings. The molecule has 0 spiro atoms. The summed E-state index contributed by atoms with van der Waals surface area (Å²) in [5.41, 5.74) is 5.64. The van der Waals surface area contributed by atoms with E-state index in [1.54, 1.807) is 9.80 Å². The van der Waals surface area contributed by atoms with Gasteiger partial charge < -0.3 is 10.6 Å². The van der Waals surface area contributed by atoms with Gasteiger partial charge in [0.2, 0.25) is 5.91 Å². The second-order valence-corrected chi connectivity index (χ2v) is 5.86. The van der Waals surface area contributed by atoms with E-state index in [1.165, 1.54) is 0 Å². The smallest absolute Gasteiger partial charge is 0.251 e. The van der Waals surface area contributed by atoms with Crippen LogP contribution in [0.2, 0.25) is 0 Å². The Hall–Kier alpha value is -0.750. The van der Waals surface area contributed by atoms with Crippen LogP contribution in [0.3, 0.4) is 0 Å². The van der Waals surface area contributed by atoms with Crippen LogP contribution in [0.1, 0.15) is 20.8 Å². The largest absolute Gasteiger partial charge is 0.339 e. The van der Waals surface area contributed by atoms with Crippen molar-refractivity contribution < 1.29 is 13.6 Å². The molecule has 1 atom stereocenters. The van der Waals surface area contributed by atoms with E-state index in [1.807, 2.05) is 20.8 Å². The Bertz CT molecular complexity index is 284. The van der Waals surface area contributed by atoms with Crippen LogP contribution in [0.25, 0.3) is 0 Å². The Kier molecular flexibility index (Phi) is 5.04. The number of halogens is 2. The van der Waals surface area contributed by atoms with E-state index in [0.29, 0.717) is 26.2 Å². The zero-order chi connectivity index (χ0) is 13.9. The fourth-order valence-corrected chi connectivity index (χ4v) is 1.91. The summed E-state index contributed by atoms with van der Waals surface area (Å²) in [6, 6.07) is -0.542. The van der Waals surface area contributed by atoms with Crippen LogP contribution in [-0.4, -0.2) is 60.9 Å². The summed E-state index contributed by atoms with van der Waals surface area (Å²) in [6.07, 6.45) is -2.32. The first kappa shape index (κ1) is 15.3. The molecule has 0 aliphatic carbocycles. The van der Waals surface area contributed by atoms with Gasteiger partial charge in [-0.1, -0.05) is 20.8 Å². The molecule has 0 bridgehead atoms. The molecular weight excluding hydrogens is 240 g/mol. The van der Waals surface area contributed by atoms with Gasteiger partial charge in [-0.3, -0.25) is 9.69 Å². The van der Waals surface area contributed by atoms with Gasteiger partial charge in [0.05, 0.1) is 12.6 Å². The molecule has 18 heavy (non-hydrogen) atoms. The van der Waals surface area contributed by atoms with Crippen molar-refractivity contribution in [2.24, 2.45) is 11.1 Å². The van der Waals surface area contributed by atoms with E-state index >= 15 is 0 Å². The number of rotatable bonds is 3. The fourth-order valence-electron chi connectivity index (χ4n) is 1.91. The van der Waals surface area contributed by atoms with Gasteiger partial charge in [0, 0.05) is 26.2 Å². The number of piperazine rings is 1. The van der Waals surface area contributed by atoms with E-state index in [2.05, 4.69) is 0 Å². The van der Waals surface area contributed by atoms with Crippen molar-refractivity contribution in [2.45, 2.75) is 33.2 Å². The Morgan fingerprint density at radius 1 is 1.22 bits per heavy atom. The Labute approximate surface area is 107 Å². The summed E-state index contributed by atoms with van der Waals surface area (Å²) in [5, 5.41) is 0. The molecule has 1 amide bonds. The lowest BCUT2D eigenvalue weighted by Gasteiger charge is -2.38. The number of hydrogen-bond donors (Lipinski definition) is 1. The predicted molar refractivity (Wildman–Crippen MR) is 66.5 cm³/mol. The average molecular weight is 263 g/mol. The Balaban J connectivity index is 2.45. The summed E-state index contributed by atoms with van der Waals surface area (Å²) >= 11 is 0. The lowest BCUT2D eigenvalue weighted by Crippen LogP contribution is -2.56. The molecule has 0 aromatic heterocycles. The highest BCUT2D eigenvalue weighted by Gasteiger charge is 2.32. The monoisotopic (exact) mass is 263 g/mol. The van der Waals surface area contributed by atoms with Crippen molar-refractivity contribution in [1.29, 1.82) is 0 Å². The van der Waals surface area contributed by atoms with Crippen LogP contribution < -0.4 is 5.73 Å². The summed E-state index contributed by atoms with van der Waals surface area (Å²) in [6.45, 7) is 7.49. The van der Waals surface area contributed by atoms with Gasteiger partial charge in [0.15, 0.2) is 0 Å². The van der Waals surface area contributed by atoms with Crippen LogP contribution in [-0.2, 0) is 4.79 Å². The minimum atomic E-state index is -2.32. The zero-order valence-corrected chi connectivity index (χ0v) is 11.3. The maximum Gasteiger partial charge on any atom is 0.251 e. The fraction of sp³-hybridized carbons (Fsp3) is 0.917. The van der Waals surface area contributed by atoms with E-state index in [0.717, 1.165) is 0 Å². The molecule has 1 rings (SSSR count). The SMILES string of the molecule is CC(C)(C)[C@H](N)C(=O)N1CCN(CC(F)F)CC1. The van der Waals surface area contributed by atoms with Gasteiger partial charge in [0.25, 0.3) is 6.43 Å². The average Bonchev–Trinajstić information content (AvgIpc) is 2.26. The number of nitrogens with two attached hydrogens (primary N) is 1. The van der Waals surface area contributed by atoms with Gasteiger partial charge >= 0.3 is 0 Å². The summed E-state index contributed by atoms with van der Waals surface area (Å²) in [5.74, 6) is -0.0841. The molecular formula is C12H23F2N3O. The van der Waals surface area contributed by atoms with Gasteiger partial charge in [-0.2, -0.15) is 0 Å². The molecule has 0 saturated carbocycles. The molecule has 1 aliphatic rings. The van der Waals surface area contributed by atoms with Crippen molar-refractivity contribution >= 4 is 5.91 Å². The van der Waals surface area contributed by atoms with Crippen LogP contribution in [0, 0.1) is 5.41 Å². The zero-order valence-electron chi connectivity index (χ0n) is 11.3. The predicted octanol–water partition coefficient (Wildman–Crippen LogP) is 0.769. The van der Waals surface area contributed by atoms with E-state index in [-0.39, 0.29) is 17.9 Å². The first-order valence-corrected chi connectivity index (χ1v) is 6.26. The minimum absolute atomic E-state index is 0.0841. The number of amides is 1. The molecule has 1 aliphatic heterocycles. The summed E-state index contributed by atoms with van der Waals surface area (Å²) in [4.78, 5) is 15.5. The molecule has 0 unspecified atom stereocenters. The first-order valence-electron chi connectivity index (χ1n) is 6.26. The molecule has 2 N–H and O–H groups in total. The van der Waals surface area contributed by atoms with Crippen LogP contribution in [0.5, 0.6) is 0 Å². The minimum Gasteiger partial charge on any atom is -0.339 e. The number of carbonyl (C=O) groups excluding carboxylic acids is 1. The second-order valence-electron chi connectivity index (χ2n) is 5.86. The number of hydrogen-bond acceptors (Lipinski definition) is 3. The van der Waals surface area contributed by atoms with Gasteiger partial charge in [0.1, 0.15) is 0 Å². The maximum atomic E-state index is 12.2. The van der Waals surface area contributed by atoms with Crippen molar-refractivity contribution in [3.8, 4) is 0 Å². The second kappa shape index (κ2) is 5.93. The molecule has 6 heteroatoms. The van der Waals surface area contributed by atoms with Crippen LogP contribution >= 0.6 is 0 Å². The molecule has 0 radical (unpaired) electrons. The van der Waals surface area contributed by atoms with Crippen molar-refractivity contribution in [2.75, 3.05) is 32.7 Å². The molecule has 1 fully saturated rings.